The molecule has 0 radical (unpaired) electrons. The van der Waals surface area contributed by atoms with Gasteiger partial charge in [0, 0.05) is 17.7 Å². The summed E-state index contributed by atoms with van der Waals surface area (Å²) in [4.78, 5) is 11.1. The van der Waals surface area contributed by atoms with Gasteiger partial charge in [-0.05, 0) is 57.3 Å². The number of aliphatic hydroxyl groups is 2. The average molecular weight is 427 g/mol. The van der Waals surface area contributed by atoms with E-state index in [1.807, 2.05) is 26.0 Å². The number of alkyl halides is 1. The van der Waals surface area contributed by atoms with Crippen molar-refractivity contribution in [3.8, 4) is 0 Å². The van der Waals surface area contributed by atoms with Gasteiger partial charge in [0.15, 0.2) is 0 Å². The summed E-state index contributed by atoms with van der Waals surface area (Å²) in [6.07, 6.45) is 13.1. The van der Waals surface area contributed by atoms with Gasteiger partial charge >= 0.3 is 5.97 Å². The van der Waals surface area contributed by atoms with Crippen molar-refractivity contribution in [1.82, 2.24) is 0 Å². The van der Waals surface area contributed by atoms with E-state index in [0.29, 0.717) is 12.8 Å². The Morgan fingerprint density at radius 2 is 2.00 bits per heavy atom. The number of unbranched alkanes of at least 4 members (excludes halogenated alkanes) is 1. The molecule has 1 saturated carbocycles. The van der Waals surface area contributed by atoms with Gasteiger partial charge in [0.25, 0.3) is 0 Å². The maximum atomic E-state index is 11.1. The highest BCUT2D eigenvalue weighted by Crippen LogP contribution is 2.40. The summed E-state index contributed by atoms with van der Waals surface area (Å²) in [7, 11) is 1.40. The third-order valence-electron chi connectivity index (χ3n) is 5.78. The van der Waals surface area contributed by atoms with Crippen LogP contribution in [0.4, 0.5) is 0 Å². The second-order valence-electron chi connectivity index (χ2n) is 9.04. The largest absolute Gasteiger partial charge is 0.469 e. The number of allylic oxidation sites excluding steroid dienone is 4. The Kier molecular flexibility index (Phi) is 11.2. The van der Waals surface area contributed by atoms with Crippen LogP contribution in [0, 0.1) is 17.3 Å². The molecule has 0 unspecified atom stereocenters. The molecule has 0 spiro atoms. The molecule has 1 rings (SSSR count). The van der Waals surface area contributed by atoms with Crippen LogP contribution in [0.25, 0.3) is 0 Å². The van der Waals surface area contributed by atoms with E-state index in [9.17, 15) is 15.0 Å². The highest BCUT2D eigenvalue weighted by molar-refractivity contribution is 6.21. The van der Waals surface area contributed by atoms with Crippen molar-refractivity contribution in [3.63, 3.8) is 0 Å². The number of methoxy groups -OCH3 is 1. The van der Waals surface area contributed by atoms with Crippen LogP contribution in [0.15, 0.2) is 36.0 Å². The SMILES string of the molecule is COC(=O)CCCC=CC[C@@H]1[C@@H](C=C[C@@H](O)C(C)(C)CC=C(C)C)[C@H](O)C[C@H]1Cl. The molecular formula is C24H39ClO4. The van der Waals surface area contributed by atoms with Crippen molar-refractivity contribution >= 4 is 17.6 Å². The molecule has 1 aliphatic carbocycles. The Labute approximate surface area is 181 Å². The van der Waals surface area contributed by atoms with Gasteiger partial charge < -0.3 is 14.9 Å². The molecule has 0 aromatic carbocycles. The first-order chi connectivity index (χ1) is 13.6. The number of ether oxygens (including phenoxy) is 1. The molecule has 1 aliphatic rings. The molecule has 0 aliphatic heterocycles. The summed E-state index contributed by atoms with van der Waals surface area (Å²) >= 11 is 6.50. The molecule has 5 heteroatoms. The fourth-order valence-corrected chi connectivity index (χ4v) is 4.04. The van der Waals surface area contributed by atoms with Crippen molar-refractivity contribution in [2.75, 3.05) is 7.11 Å². The molecule has 0 saturated heterocycles. The number of halogens is 1. The van der Waals surface area contributed by atoms with Crippen LogP contribution in [0.3, 0.4) is 0 Å². The lowest BCUT2D eigenvalue weighted by Crippen LogP contribution is -2.28. The Balaban J connectivity index is 2.64. The lowest BCUT2D eigenvalue weighted by atomic mass is 9.81. The topological polar surface area (TPSA) is 66.8 Å². The van der Waals surface area contributed by atoms with E-state index in [0.717, 1.165) is 25.7 Å². The molecule has 0 heterocycles. The fraction of sp³-hybridized carbons (Fsp3) is 0.708. The summed E-state index contributed by atoms with van der Waals surface area (Å²) in [6, 6.07) is 0. The quantitative estimate of drug-likeness (QED) is 0.207. The van der Waals surface area contributed by atoms with E-state index in [1.165, 1.54) is 12.7 Å². The van der Waals surface area contributed by atoms with Gasteiger partial charge in [-0.25, -0.2) is 0 Å². The zero-order valence-corrected chi connectivity index (χ0v) is 19.4. The minimum Gasteiger partial charge on any atom is -0.469 e. The first-order valence-corrected chi connectivity index (χ1v) is 11.1. The second kappa shape index (κ2) is 12.6. The van der Waals surface area contributed by atoms with Crippen LogP contribution >= 0.6 is 11.6 Å². The Bertz CT molecular complexity index is 590. The van der Waals surface area contributed by atoms with E-state index in [1.54, 1.807) is 0 Å². The van der Waals surface area contributed by atoms with Crippen molar-refractivity contribution < 1.29 is 19.7 Å². The van der Waals surface area contributed by atoms with Crippen LogP contribution in [0.1, 0.15) is 66.2 Å². The van der Waals surface area contributed by atoms with Crippen LogP contribution in [0.2, 0.25) is 0 Å². The lowest BCUT2D eigenvalue weighted by molar-refractivity contribution is -0.140. The van der Waals surface area contributed by atoms with E-state index < -0.39 is 12.2 Å². The average Bonchev–Trinajstić information content (AvgIpc) is 2.93. The Morgan fingerprint density at radius 1 is 1.31 bits per heavy atom. The molecule has 5 atom stereocenters. The van der Waals surface area contributed by atoms with Gasteiger partial charge in [-0.3, -0.25) is 4.79 Å². The summed E-state index contributed by atoms with van der Waals surface area (Å²) in [5.74, 6) is -0.117. The second-order valence-corrected chi connectivity index (χ2v) is 9.60. The van der Waals surface area contributed by atoms with E-state index in [-0.39, 0.29) is 28.6 Å². The normalized spacial score (nSPS) is 26.2. The van der Waals surface area contributed by atoms with Crippen LogP contribution in [-0.2, 0) is 9.53 Å². The number of rotatable bonds is 11. The first kappa shape index (κ1) is 25.9. The predicted molar refractivity (Wildman–Crippen MR) is 120 cm³/mol. The van der Waals surface area contributed by atoms with Crippen molar-refractivity contribution in [2.24, 2.45) is 17.3 Å². The predicted octanol–water partition coefficient (Wildman–Crippen LogP) is 5.18. The monoisotopic (exact) mass is 426 g/mol. The minimum atomic E-state index is -0.589. The third-order valence-corrected chi connectivity index (χ3v) is 6.28. The molecule has 0 aromatic heterocycles. The molecule has 166 valence electrons. The van der Waals surface area contributed by atoms with Crippen molar-refractivity contribution in [2.45, 2.75) is 83.8 Å². The first-order valence-electron chi connectivity index (χ1n) is 10.6. The molecule has 0 bridgehead atoms. The smallest absolute Gasteiger partial charge is 0.305 e. The molecule has 0 aromatic rings. The number of hydrogen-bond acceptors (Lipinski definition) is 4. The van der Waals surface area contributed by atoms with Crippen LogP contribution < -0.4 is 0 Å². The van der Waals surface area contributed by atoms with E-state index in [4.69, 9.17) is 11.6 Å². The summed E-state index contributed by atoms with van der Waals surface area (Å²) in [5.41, 5.74) is 0.969. The van der Waals surface area contributed by atoms with Gasteiger partial charge in [0.2, 0.25) is 0 Å². The van der Waals surface area contributed by atoms with Gasteiger partial charge in [0.1, 0.15) is 0 Å². The molecule has 0 amide bonds. The minimum absolute atomic E-state index is 0.0638. The maximum absolute atomic E-state index is 11.1. The van der Waals surface area contributed by atoms with Gasteiger partial charge in [-0.1, -0.05) is 49.8 Å². The van der Waals surface area contributed by atoms with Gasteiger partial charge in [0.05, 0.1) is 19.3 Å². The number of carbonyl (C=O) groups excluding carboxylic acids is 1. The number of aliphatic hydroxyl groups excluding tert-OH is 2. The lowest BCUT2D eigenvalue weighted by Gasteiger charge is -2.28. The zero-order valence-electron chi connectivity index (χ0n) is 18.6. The van der Waals surface area contributed by atoms with Crippen molar-refractivity contribution in [1.29, 1.82) is 0 Å². The molecule has 1 fully saturated rings. The highest BCUT2D eigenvalue weighted by Gasteiger charge is 2.39. The molecule has 29 heavy (non-hydrogen) atoms. The van der Waals surface area contributed by atoms with Crippen LogP contribution in [-0.4, -0.2) is 40.9 Å². The standard InChI is InChI=1S/C24H39ClO4/c1-17(2)14-15-24(3,4)22(27)13-12-19-18(20(25)16-21(19)26)10-8-6-7-9-11-23(28)29-5/h6,8,12-14,18-22,26-27H,7,9-11,15-16H2,1-5H3/t18-,19-,20-,21-,22-/m1/s1. The number of hydrogen-bond donors (Lipinski definition) is 2. The van der Waals surface area contributed by atoms with Gasteiger partial charge in [-0.2, -0.15) is 0 Å². The summed E-state index contributed by atoms with van der Waals surface area (Å²) in [6.45, 7) is 8.21. The summed E-state index contributed by atoms with van der Waals surface area (Å²) in [5, 5.41) is 21.0. The highest BCUT2D eigenvalue weighted by atomic mass is 35.5. The van der Waals surface area contributed by atoms with Crippen LogP contribution in [0.5, 0.6) is 0 Å². The fourth-order valence-electron chi connectivity index (χ4n) is 3.58. The third kappa shape index (κ3) is 9.06. The van der Waals surface area contributed by atoms with Crippen molar-refractivity contribution in [3.05, 3.63) is 36.0 Å². The Hall–Kier alpha value is -1.10. The van der Waals surface area contributed by atoms with E-state index >= 15 is 0 Å². The summed E-state index contributed by atoms with van der Waals surface area (Å²) < 4.78 is 4.64. The maximum Gasteiger partial charge on any atom is 0.305 e. The molecule has 2 N–H and O–H groups in total. The number of carbonyl (C=O) groups is 1. The zero-order chi connectivity index (χ0) is 22.0. The molecule has 4 nitrogen and oxygen atoms in total. The Morgan fingerprint density at radius 3 is 2.62 bits per heavy atom. The van der Waals surface area contributed by atoms with Gasteiger partial charge in [-0.15, -0.1) is 11.6 Å². The molecular weight excluding hydrogens is 388 g/mol. The van der Waals surface area contributed by atoms with E-state index in [2.05, 4.69) is 36.8 Å². The number of esters is 1.